The van der Waals surface area contributed by atoms with E-state index in [0.717, 1.165) is 5.96 Å². The summed E-state index contributed by atoms with van der Waals surface area (Å²) in [6, 6.07) is 0.803. The molecule has 1 amide bonds. The fourth-order valence-electron chi connectivity index (χ4n) is 2.13. The molecule has 5 nitrogen and oxygen atoms in total. The molecule has 5 heteroatoms. The first-order valence-corrected chi connectivity index (χ1v) is 7.26. The molecule has 1 rings (SSSR count). The zero-order valence-corrected chi connectivity index (χ0v) is 12.7. The van der Waals surface area contributed by atoms with Crippen molar-refractivity contribution >= 4 is 11.9 Å². The van der Waals surface area contributed by atoms with E-state index in [0.29, 0.717) is 12.1 Å². The van der Waals surface area contributed by atoms with Crippen LogP contribution in [0.1, 0.15) is 46.0 Å². The van der Waals surface area contributed by atoms with Gasteiger partial charge in [0.05, 0.1) is 0 Å². The molecule has 0 aromatic carbocycles. The standard InChI is InChI=1S/C14H28N4O/c1-11(2)16-14(15-10-13(19)18(3)4)17-12-8-6-5-7-9-12/h11-12H,5-10H2,1-4H3,(H2,15,16,17). The van der Waals surface area contributed by atoms with Crippen molar-refractivity contribution in [2.24, 2.45) is 4.99 Å². The Morgan fingerprint density at radius 1 is 1.26 bits per heavy atom. The van der Waals surface area contributed by atoms with Crippen LogP contribution in [0, 0.1) is 0 Å². The monoisotopic (exact) mass is 268 g/mol. The maximum atomic E-state index is 11.6. The minimum absolute atomic E-state index is 0.0218. The van der Waals surface area contributed by atoms with Crippen LogP contribution in [0.3, 0.4) is 0 Å². The van der Waals surface area contributed by atoms with Crippen molar-refractivity contribution in [3.63, 3.8) is 0 Å². The van der Waals surface area contributed by atoms with Crippen molar-refractivity contribution < 1.29 is 4.79 Å². The Kier molecular flexibility index (Phi) is 6.67. The van der Waals surface area contributed by atoms with E-state index in [1.807, 2.05) is 0 Å². The van der Waals surface area contributed by atoms with Gasteiger partial charge in [-0.3, -0.25) is 4.79 Å². The second-order valence-corrected chi connectivity index (χ2v) is 5.73. The maximum absolute atomic E-state index is 11.6. The summed E-state index contributed by atoms with van der Waals surface area (Å²) in [6.45, 7) is 4.35. The molecule has 0 bridgehead atoms. The van der Waals surface area contributed by atoms with E-state index in [4.69, 9.17) is 0 Å². The van der Waals surface area contributed by atoms with Crippen molar-refractivity contribution in [2.45, 2.75) is 58.0 Å². The van der Waals surface area contributed by atoms with Gasteiger partial charge in [0, 0.05) is 26.2 Å². The Morgan fingerprint density at radius 3 is 2.42 bits per heavy atom. The Bertz CT molecular complexity index is 307. The van der Waals surface area contributed by atoms with E-state index < -0.39 is 0 Å². The number of carbonyl (C=O) groups excluding carboxylic acids is 1. The number of likely N-dealkylation sites (N-methyl/N-ethyl adjacent to an activating group) is 1. The van der Waals surface area contributed by atoms with Gasteiger partial charge in [-0.2, -0.15) is 0 Å². The number of rotatable bonds is 4. The maximum Gasteiger partial charge on any atom is 0.243 e. The number of nitrogens with zero attached hydrogens (tertiary/aromatic N) is 2. The average Bonchev–Trinajstić information content (AvgIpc) is 2.36. The minimum atomic E-state index is 0.0218. The molecule has 0 unspecified atom stereocenters. The van der Waals surface area contributed by atoms with Gasteiger partial charge in [-0.1, -0.05) is 19.3 Å². The highest BCUT2D eigenvalue weighted by Crippen LogP contribution is 2.17. The van der Waals surface area contributed by atoms with Crippen LogP contribution < -0.4 is 10.6 Å². The molecule has 2 N–H and O–H groups in total. The van der Waals surface area contributed by atoms with Gasteiger partial charge in [-0.05, 0) is 26.7 Å². The zero-order valence-electron chi connectivity index (χ0n) is 12.7. The number of hydrogen-bond acceptors (Lipinski definition) is 2. The molecule has 0 radical (unpaired) electrons. The van der Waals surface area contributed by atoms with E-state index in [2.05, 4.69) is 29.5 Å². The third kappa shape index (κ3) is 6.45. The largest absolute Gasteiger partial charge is 0.354 e. The Hall–Kier alpha value is -1.26. The molecule has 1 fully saturated rings. The molecular formula is C14H28N4O. The minimum Gasteiger partial charge on any atom is -0.354 e. The molecule has 0 aromatic heterocycles. The van der Waals surface area contributed by atoms with Crippen LogP contribution in [-0.4, -0.2) is 49.5 Å². The van der Waals surface area contributed by atoms with Gasteiger partial charge >= 0.3 is 0 Å². The van der Waals surface area contributed by atoms with E-state index >= 15 is 0 Å². The van der Waals surface area contributed by atoms with Gasteiger partial charge in [0.15, 0.2) is 5.96 Å². The number of nitrogens with one attached hydrogen (secondary N) is 2. The molecular weight excluding hydrogens is 240 g/mol. The Labute approximate surface area is 116 Å². The predicted molar refractivity (Wildman–Crippen MR) is 79.3 cm³/mol. The number of guanidine groups is 1. The molecule has 0 aromatic rings. The van der Waals surface area contributed by atoms with Crippen molar-refractivity contribution in [3.8, 4) is 0 Å². The highest BCUT2D eigenvalue weighted by molar-refractivity contribution is 5.85. The summed E-state index contributed by atoms with van der Waals surface area (Å²) in [6.07, 6.45) is 6.29. The molecule has 0 saturated heterocycles. The second-order valence-electron chi connectivity index (χ2n) is 5.73. The Morgan fingerprint density at radius 2 is 1.89 bits per heavy atom. The lowest BCUT2D eigenvalue weighted by Gasteiger charge is -2.26. The number of aliphatic imine (C=N–C) groups is 1. The van der Waals surface area contributed by atoms with E-state index in [1.54, 1.807) is 19.0 Å². The summed E-state index contributed by atoms with van der Waals surface area (Å²) >= 11 is 0. The van der Waals surface area contributed by atoms with Crippen molar-refractivity contribution in [3.05, 3.63) is 0 Å². The highest BCUT2D eigenvalue weighted by atomic mass is 16.2. The topological polar surface area (TPSA) is 56.7 Å². The van der Waals surface area contributed by atoms with Gasteiger partial charge < -0.3 is 15.5 Å². The Balaban J connectivity index is 2.54. The van der Waals surface area contributed by atoms with Crippen LogP contribution in [0.4, 0.5) is 0 Å². The first-order valence-electron chi connectivity index (χ1n) is 7.26. The lowest BCUT2D eigenvalue weighted by Crippen LogP contribution is -2.47. The highest BCUT2D eigenvalue weighted by Gasteiger charge is 2.15. The van der Waals surface area contributed by atoms with Crippen LogP contribution in [-0.2, 0) is 4.79 Å². The molecule has 0 atom stereocenters. The fraction of sp³-hybridized carbons (Fsp3) is 0.857. The van der Waals surface area contributed by atoms with Gasteiger partial charge in [0.1, 0.15) is 6.54 Å². The van der Waals surface area contributed by atoms with Crippen LogP contribution in [0.25, 0.3) is 0 Å². The number of carbonyl (C=O) groups is 1. The van der Waals surface area contributed by atoms with Crippen LogP contribution >= 0.6 is 0 Å². The molecule has 110 valence electrons. The van der Waals surface area contributed by atoms with E-state index in [9.17, 15) is 4.79 Å². The van der Waals surface area contributed by atoms with Crippen LogP contribution in [0.2, 0.25) is 0 Å². The lowest BCUT2D eigenvalue weighted by atomic mass is 9.96. The summed E-state index contributed by atoms with van der Waals surface area (Å²) in [5.41, 5.74) is 0. The summed E-state index contributed by atoms with van der Waals surface area (Å²) in [7, 11) is 3.50. The summed E-state index contributed by atoms with van der Waals surface area (Å²) in [4.78, 5) is 17.5. The van der Waals surface area contributed by atoms with Crippen LogP contribution in [0.15, 0.2) is 4.99 Å². The number of amides is 1. The van der Waals surface area contributed by atoms with Crippen molar-refractivity contribution in [1.29, 1.82) is 0 Å². The van der Waals surface area contributed by atoms with Gasteiger partial charge in [-0.15, -0.1) is 0 Å². The molecule has 0 spiro atoms. The first kappa shape index (κ1) is 15.8. The average molecular weight is 268 g/mol. The quantitative estimate of drug-likeness (QED) is 0.598. The van der Waals surface area contributed by atoms with Gasteiger partial charge in [-0.25, -0.2) is 4.99 Å². The summed E-state index contributed by atoms with van der Waals surface area (Å²) in [5.74, 6) is 0.783. The zero-order chi connectivity index (χ0) is 14.3. The van der Waals surface area contributed by atoms with Gasteiger partial charge in [0.25, 0.3) is 0 Å². The molecule has 1 saturated carbocycles. The fourth-order valence-corrected chi connectivity index (χ4v) is 2.13. The summed E-state index contributed by atoms with van der Waals surface area (Å²) < 4.78 is 0. The summed E-state index contributed by atoms with van der Waals surface area (Å²) in [5, 5.41) is 6.74. The van der Waals surface area contributed by atoms with E-state index in [-0.39, 0.29) is 12.5 Å². The molecule has 1 aliphatic rings. The third-order valence-corrected chi connectivity index (χ3v) is 3.24. The third-order valence-electron chi connectivity index (χ3n) is 3.24. The molecule has 0 heterocycles. The van der Waals surface area contributed by atoms with Gasteiger partial charge in [0.2, 0.25) is 5.91 Å². The normalized spacial score (nSPS) is 17.4. The predicted octanol–water partition coefficient (Wildman–Crippen LogP) is 1.35. The van der Waals surface area contributed by atoms with Crippen molar-refractivity contribution in [2.75, 3.05) is 20.6 Å². The number of hydrogen-bond donors (Lipinski definition) is 2. The van der Waals surface area contributed by atoms with E-state index in [1.165, 1.54) is 32.1 Å². The molecule has 19 heavy (non-hydrogen) atoms. The van der Waals surface area contributed by atoms with Crippen LogP contribution in [0.5, 0.6) is 0 Å². The SMILES string of the molecule is CC(C)NC(=NCC(=O)N(C)C)NC1CCCCC1. The molecule has 1 aliphatic carbocycles. The van der Waals surface area contributed by atoms with Crippen molar-refractivity contribution in [1.82, 2.24) is 15.5 Å². The smallest absolute Gasteiger partial charge is 0.243 e. The second kappa shape index (κ2) is 8.02. The lowest BCUT2D eigenvalue weighted by molar-refractivity contribution is -0.127. The molecule has 0 aliphatic heterocycles. The first-order chi connectivity index (χ1) is 8.99.